The molecule has 1 amide bonds. The molecule has 2 heterocycles. The van der Waals surface area contributed by atoms with Crippen LogP contribution in [0.1, 0.15) is 22.8 Å². The number of carbonyl (C=O) groups is 1. The van der Waals surface area contributed by atoms with E-state index in [1.54, 1.807) is 35.3 Å². The normalized spacial score (nSPS) is 10.5. The first-order chi connectivity index (χ1) is 12.2. The van der Waals surface area contributed by atoms with Gasteiger partial charge in [0, 0.05) is 30.0 Å². The van der Waals surface area contributed by atoms with Crippen molar-refractivity contribution in [2.75, 3.05) is 6.61 Å². The average molecular weight is 357 g/mol. The van der Waals surface area contributed by atoms with E-state index in [1.807, 2.05) is 25.1 Å². The zero-order valence-corrected chi connectivity index (χ0v) is 14.4. The fourth-order valence-electron chi connectivity index (χ4n) is 2.25. The molecular weight excluding hydrogens is 340 g/mol. The van der Waals surface area contributed by atoms with Crippen LogP contribution in [0.25, 0.3) is 5.69 Å². The summed E-state index contributed by atoms with van der Waals surface area (Å²) in [6.07, 6.45) is 4.86. The van der Waals surface area contributed by atoms with Crippen LogP contribution in [0.15, 0.2) is 55.0 Å². The molecule has 0 fully saturated rings. The van der Waals surface area contributed by atoms with Gasteiger partial charge in [-0.1, -0.05) is 11.6 Å². The quantitative estimate of drug-likeness (QED) is 0.736. The number of hydrogen-bond acceptors (Lipinski definition) is 4. The van der Waals surface area contributed by atoms with Crippen LogP contribution in [0.2, 0.25) is 5.02 Å². The smallest absolute Gasteiger partial charge is 0.254 e. The first-order valence-corrected chi connectivity index (χ1v) is 8.20. The summed E-state index contributed by atoms with van der Waals surface area (Å²) in [5.74, 6) is 0.347. The van der Waals surface area contributed by atoms with Crippen LogP contribution >= 0.6 is 11.6 Å². The summed E-state index contributed by atoms with van der Waals surface area (Å²) in [5.41, 5.74) is 2.23. The van der Waals surface area contributed by atoms with E-state index < -0.39 is 0 Å². The molecular formula is C18H17ClN4O2. The van der Waals surface area contributed by atoms with Crippen LogP contribution in [0.4, 0.5) is 0 Å². The van der Waals surface area contributed by atoms with Crippen molar-refractivity contribution in [3.8, 4) is 11.6 Å². The Morgan fingerprint density at radius 3 is 2.84 bits per heavy atom. The van der Waals surface area contributed by atoms with Crippen LogP contribution in [-0.4, -0.2) is 27.3 Å². The standard InChI is InChI=1S/C18H17ClN4O2/c1-2-25-17-9-13(7-8-20-17)10-21-18(24)14-11-22-23(12-14)16-5-3-15(19)4-6-16/h3-9,11-12H,2,10H2,1H3,(H,21,24). The van der Waals surface area contributed by atoms with Crippen molar-refractivity contribution >= 4 is 17.5 Å². The van der Waals surface area contributed by atoms with Gasteiger partial charge in [0.2, 0.25) is 5.88 Å². The van der Waals surface area contributed by atoms with Crippen LogP contribution in [0.3, 0.4) is 0 Å². The maximum absolute atomic E-state index is 12.3. The van der Waals surface area contributed by atoms with E-state index in [0.717, 1.165) is 11.3 Å². The molecule has 1 aromatic carbocycles. The highest BCUT2D eigenvalue weighted by Crippen LogP contribution is 2.14. The van der Waals surface area contributed by atoms with E-state index in [2.05, 4.69) is 15.4 Å². The largest absolute Gasteiger partial charge is 0.478 e. The Bertz CT molecular complexity index is 862. The number of halogens is 1. The average Bonchev–Trinajstić information content (AvgIpc) is 3.11. The summed E-state index contributed by atoms with van der Waals surface area (Å²) >= 11 is 5.88. The van der Waals surface area contributed by atoms with E-state index in [0.29, 0.717) is 29.6 Å². The van der Waals surface area contributed by atoms with Crippen LogP contribution in [-0.2, 0) is 6.54 Å². The number of nitrogens with zero attached hydrogens (tertiary/aromatic N) is 3. The highest BCUT2D eigenvalue weighted by Gasteiger charge is 2.09. The molecule has 128 valence electrons. The molecule has 0 bridgehead atoms. The molecule has 0 unspecified atom stereocenters. The molecule has 3 rings (SSSR count). The summed E-state index contributed by atoms with van der Waals surface area (Å²) < 4.78 is 6.98. The zero-order valence-electron chi connectivity index (χ0n) is 13.6. The fourth-order valence-corrected chi connectivity index (χ4v) is 2.37. The molecule has 0 aliphatic carbocycles. The second kappa shape index (κ2) is 7.81. The van der Waals surface area contributed by atoms with Crippen molar-refractivity contribution in [3.05, 3.63) is 71.1 Å². The minimum Gasteiger partial charge on any atom is -0.478 e. The van der Waals surface area contributed by atoms with Crippen LogP contribution < -0.4 is 10.1 Å². The summed E-state index contributed by atoms with van der Waals surface area (Å²) in [7, 11) is 0. The van der Waals surface area contributed by atoms with Gasteiger partial charge in [-0.3, -0.25) is 4.79 Å². The van der Waals surface area contributed by atoms with Gasteiger partial charge in [-0.05, 0) is 42.8 Å². The summed E-state index contributed by atoms with van der Waals surface area (Å²) in [5, 5.41) is 7.73. The topological polar surface area (TPSA) is 69.0 Å². The number of rotatable bonds is 6. The van der Waals surface area contributed by atoms with Gasteiger partial charge in [-0.25, -0.2) is 9.67 Å². The van der Waals surface area contributed by atoms with Crippen molar-refractivity contribution in [3.63, 3.8) is 0 Å². The molecule has 1 N–H and O–H groups in total. The van der Waals surface area contributed by atoms with Gasteiger partial charge in [0.05, 0.1) is 24.1 Å². The molecule has 6 nitrogen and oxygen atoms in total. The lowest BCUT2D eigenvalue weighted by molar-refractivity contribution is 0.0951. The molecule has 0 atom stereocenters. The maximum atomic E-state index is 12.3. The molecule has 0 saturated heterocycles. The highest BCUT2D eigenvalue weighted by atomic mass is 35.5. The van der Waals surface area contributed by atoms with Crippen LogP contribution in [0, 0.1) is 0 Å². The minimum atomic E-state index is -0.199. The first kappa shape index (κ1) is 17.0. The lowest BCUT2D eigenvalue weighted by Gasteiger charge is -2.06. The molecule has 0 radical (unpaired) electrons. The summed E-state index contributed by atoms with van der Waals surface area (Å²) in [6.45, 7) is 2.83. The van der Waals surface area contributed by atoms with Crippen LogP contribution in [0.5, 0.6) is 5.88 Å². The molecule has 0 aliphatic heterocycles. The second-order valence-electron chi connectivity index (χ2n) is 5.27. The van der Waals surface area contributed by atoms with Gasteiger partial charge >= 0.3 is 0 Å². The van der Waals surface area contributed by atoms with Gasteiger partial charge in [0.25, 0.3) is 5.91 Å². The van der Waals surface area contributed by atoms with Crippen molar-refractivity contribution in [2.24, 2.45) is 0 Å². The second-order valence-corrected chi connectivity index (χ2v) is 5.70. The monoisotopic (exact) mass is 356 g/mol. The third kappa shape index (κ3) is 4.36. The third-order valence-electron chi connectivity index (χ3n) is 3.48. The lowest BCUT2D eigenvalue weighted by Crippen LogP contribution is -2.22. The SMILES string of the molecule is CCOc1cc(CNC(=O)c2cnn(-c3ccc(Cl)cc3)c2)ccn1. The molecule has 2 aromatic heterocycles. The number of carbonyl (C=O) groups excluding carboxylic acids is 1. The Balaban J connectivity index is 1.64. The number of amides is 1. The van der Waals surface area contributed by atoms with Gasteiger partial charge in [-0.15, -0.1) is 0 Å². The van der Waals surface area contributed by atoms with Gasteiger partial charge < -0.3 is 10.1 Å². The predicted molar refractivity (Wildman–Crippen MR) is 95.2 cm³/mol. The van der Waals surface area contributed by atoms with Gasteiger partial charge in [0.15, 0.2) is 0 Å². The number of aromatic nitrogens is 3. The Labute approximate surface area is 150 Å². The molecule has 25 heavy (non-hydrogen) atoms. The number of hydrogen-bond donors (Lipinski definition) is 1. The van der Waals surface area contributed by atoms with Crippen molar-refractivity contribution in [2.45, 2.75) is 13.5 Å². The van der Waals surface area contributed by atoms with Crippen molar-refractivity contribution in [1.29, 1.82) is 0 Å². The Hall–Kier alpha value is -2.86. The zero-order chi connectivity index (χ0) is 17.6. The number of nitrogens with one attached hydrogen (secondary N) is 1. The molecule has 3 aromatic rings. The van der Waals surface area contributed by atoms with Crippen molar-refractivity contribution in [1.82, 2.24) is 20.1 Å². The van der Waals surface area contributed by atoms with E-state index in [4.69, 9.17) is 16.3 Å². The fraction of sp³-hybridized carbons (Fsp3) is 0.167. The van der Waals surface area contributed by atoms with E-state index >= 15 is 0 Å². The lowest BCUT2D eigenvalue weighted by atomic mass is 10.2. The molecule has 0 saturated carbocycles. The highest BCUT2D eigenvalue weighted by molar-refractivity contribution is 6.30. The molecule has 0 aliphatic rings. The summed E-state index contributed by atoms with van der Waals surface area (Å²) in [6, 6.07) is 10.9. The Kier molecular flexibility index (Phi) is 5.30. The number of pyridine rings is 1. The predicted octanol–water partition coefficient (Wildman–Crippen LogP) is 3.25. The van der Waals surface area contributed by atoms with E-state index in [-0.39, 0.29) is 5.91 Å². The third-order valence-corrected chi connectivity index (χ3v) is 3.73. The van der Waals surface area contributed by atoms with Gasteiger partial charge in [0.1, 0.15) is 0 Å². The Morgan fingerprint density at radius 2 is 2.08 bits per heavy atom. The maximum Gasteiger partial charge on any atom is 0.254 e. The molecule has 7 heteroatoms. The number of benzene rings is 1. The Morgan fingerprint density at radius 1 is 1.28 bits per heavy atom. The molecule has 0 spiro atoms. The van der Waals surface area contributed by atoms with Crippen molar-refractivity contribution < 1.29 is 9.53 Å². The summed E-state index contributed by atoms with van der Waals surface area (Å²) in [4.78, 5) is 16.4. The van der Waals surface area contributed by atoms with Gasteiger partial charge in [-0.2, -0.15) is 5.10 Å². The first-order valence-electron chi connectivity index (χ1n) is 7.82. The number of ether oxygens (including phenoxy) is 1. The van der Waals surface area contributed by atoms with E-state index in [9.17, 15) is 4.79 Å². The minimum absolute atomic E-state index is 0.199. The van der Waals surface area contributed by atoms with E-state index in [1.165, 1.54) is 6.20 Å².